The molecule has 1 aromatic rings. The average molecular weight is 192 g/mol. The number of hydrogen-bond acceptors (Lipinski definition) is 2. The number of para-hydroxylation sites is 1. The monoisotopic (exact) mass is 192 g/mol. The Hall–Kier alpha value is -1.02. The highest BCUT2D eigenvalue weighted by atomic mass is 15.1. The van der Waals surface area contributed by atoms with Crippen LogP contribution in [0.15, 0.2) is 30.3 Å². The van der Waals surface area contributed by atoms with E-state index in [1.165, 1.54) is 5.69 Å². The van der Waals surface area contributed by atoms with Crippen molar-refractivity contribution in [3.8, 4) is 0 Å². The van der Waals surface area contributed by atoms with Gasteiger partial charge in [-0.1, -0.05) is 25.1 Å². The molecule has 0 aliphatic heterocycles. The summed E-state index contributed by atoms with van der Waals surface area (Å²) in [6.07, 6.45) is 0. The van der Waals surface area contributed by atoms with E-state index in [9.17, 15) is 0 Å². The SMILES string of the molecule is CC(N)C(C)CN(C)c1ccccc1. The summed E-state index contributed by atoms with van der Waals surface area (Å²) in [5, 5.41) is 0. The van der Waals surface area contributed by atoms with Crippen molar-refractivity contribution in [2.75, 3.05) is 18.5 Å². The Morgan fingerprint density at radius 2 is 1.79 bits per heavy atom. The van der Waals surface area contributed by atoms with E-state index in [4.69, 9.17) is 5.73 Å². The normalized spacial score (nSPS) is 14.9. The maximum atomic E-state index is 5.84. The quantitative estimate of drug-likeness (QED) is 0.791. The smallest absolute Gasteiger partial charge is 0.0363 e. The van der Waals surface area contributed by atoms with Gasteiger partial charge in [0, 0.05) is 25.3 Å². The number of anilines is 1. The van der Waals surface area contributed by atoms with Gasteiger partial charge in [0.2, 0.25) is 0 Å². The van der Waals surface area contributed by atoms with Gasteiger partial charge in [-0.2, -0.15) is 0 Å². The molecule has 2 unspecified atom stereocenters. The van der Waals surface area contributed by atoms with Crippen LogP contribution in [-0.2, 0) is 0 Å². The molecule has 0 aliphatic carbocycles. The first-order valence-corrected chi connectivity index (χ1v) is 5.13. The van der Waals surface area contributed by atoms with Gasteiger partial charge in [-0.05, 0) is 25.0 Å². The Kier molecular flexibility index (Phi) is 3.96. The first-order valence-electron chi connectivity index (χ1n) is 5.13. The van der Waals surface area contributed by atoms with Crippen molar-refractivity contribution in [3.63, 3.8) is 0 Å². The van der Waals surface area contributed by atoms with Gasteiger partial charge in [0.05, 0.1) is 0 Å². The first-order chi connectivity index (χ1) is 6.61. The van der Waals surface area contributed by atoms with Crippen LogP contribution in [0.1, 0.15) is 13.8 Å². The van der Waals surface area contributed by atoms with Crippen molar-refractivity contribution in [1.29, 1.82) is 0 Å². The number of rotatable bonds is 4. The van der Waals surface area contributed by atoms with E-state index in [1.54, 1.807) is 0 Å². The molecule has 0 aromatic heterocycles. The van der Waals surface area contributed by atoms with E-state index in [2.05, 4.69) is 50.1 Å². The summed E-state index contributed by atoms with van der Waals surface area (Å²) in [5.74, 6) is 0.514. The van der Waals surface area contributed by atoms with Crippen molar-refractivity contribution < 1.29 is 0 Å². The molecule has 0 spiro atoms. The fourth-order valence-corrected chi connectivity index (χ4v) is 1.39. The molecule has 0 bridgehead atoms. The van der Waals surface area contributed by atoms with E-state index in [1.807, 2.05) is 6.07 Å². The van der Waals surface area contributed by atoms with Crippen LogP contribution in [0.25, 0.3) is 0 Å². The van der Waals surface area contributed by atoms with Crippen LogP contribution in [0, 0.1) is 5.92 Å². The van der Waals surface area contributed by atoms with Gasteiger partial charge in [0.1, 0.15) is 0 Å². The largest absolute Gasteiger partial charge is 0.374 e. The standard InChI is InChI=1S/C12H20N2/c1-10(11(2)13)9-14(3)12-7-5-4-6-8-12/h4-8,10-11H,9,13H2,1-3H3. The highest BCUT2D eigenvalue weighted by Gasteiger charge is 2.10. The maximum absolute atomic E-state index is 5.84. The Balaban J connectivity index is 2.55. The van der Waals surface area contributed by atoms with Crippen molar-refractivity contribution in [2.45, 2.75) is 19.9 Å². The average Bonchev–Trinajstić information content (AvgIpc) is 2.19. The molecular weight excluding hydrogens is 172 g/mol. The van der Waals surface area contributed by atoms with E-state index >= 15 is 0 Å². The van der Waals surface area contributed by atoms with E-state index in [0.717, 1.165) is 6.54 Å². The van der Waals surface area contributed by atoms with Gasteiger partial charge in [-0.3, -0.25) is 0 Å². The lowest BCUT2D eigenvalue weighted by Crippen LogP contribution is -2.34. The molecule has 14 heavy (non-hydrogen) atoms. The third-order valence-corrected chi connectivity index (χ3v) is 2.66. The van der Waals surface area contributed by atoms with Crippen LogP contribution in [0.2, 0.25) is 0 Å². The lowest BCUT2D eigenvalue weighted by molar-refractivity contribution is 0.485. The minimum Gasteiger partial charge on any atom is -0.374 e. The number of nitrogens with zero attached hydrogens (tertiary/aromatic N) is 1. The minimum atomic E-state index is 0.251. The summed E-state index contributed by atoms with van der Waals surface area (Å²) in [5.41, 5.74) is 7.09. The maximum Gasteiger partial charge on any atom is 0.0363 e. The van der Waals surface area contributed by atoms with Crippen LogP contribution in [-0.4, -0.2) is 19.6 Å². The van der Waals surface area contributed by atoms with Gasteiger partial charge in [-0.25, -0.2) is 0 Å². The second kappa shape index (κ2) is 5.01. The summed E-state index contributed by atoms with van der Waals surface area (Å²) >= 11 is 0. The second-order valence-corrected chi connectivity index (χ2v) is 4.05. The predicted molar refractivity (Wildman–Crippen MR) is 62.5 cm³/mol. The van der Waals surface area contributed by atoms with Crippen LogP contribution in [0.5, 0.6) is 0 Å². The minimum absolute atomic E-state index is 0.251. The summed E-state index contributed by atoms with van der Waals surface area (Å²) in [6.45, 7) is 5.25. The van der Waals surface area contributed by atoms with Crippen molar-refractivity contribution in [1.82, 2.24) is 0 Å². The number of nitrogens with two attached hydrogens (primary N) is 1. The molecule has 0 amide bonds. The molecule has 1 rings (SSSR count). The van der Waals surface area contributed by atoms with Crippen LogP contribution < -0.4 is 10.6 Å². The Bertz CT molecular complexity index is 256. The highest BCUT2D eigenvalue weighted by molar-refractivity contribution is 5.44. The van der Waals surface area contributed by atoms with Crippen LogP contribution >= 0.6 is 0 Å². The van der Waals surface area contributed by atoms with Crippen molar-refractivity contribution in [3.05, 3.63) is 30.3 Å². The molecule has 2 N–H and O–H groups in total. The summed E-state index contributed by atoms with van der Waals surface area (Å²) in [4.78, 5) is 2.24. The fourth-order valence-electron chi connectivity index (χ4n) is 1.39. The molecular formula is C12H20N2. The molecule has 2 atom stereocenters. The van der Waals surface area contributed by atoms with Crippen LogP contribution in [0.3, 0.4) is 0 Å². The molecule has 0 heterocycles. The van der Waals surface area contributed by atoms with Crippen LogP contribution in [0.4, 0.5) is 5.69 Å². The zero-order valence-electron chi connectivity index (χ0n) is 9.27. The summed E-state index contributed by atoms with van der Waals surface area (Å²) in [7, 11) is 2.11. The van der Waals surface area contributed by atoms with Crippen molar-refractivity contribution in [2.24, 2.45) is 11.7 Å². The second-order valence-electron chi connectivity index (χ2n) is 4.05. The Labute approximate surface area is 86.7 Å². The molecule has 2 heteroatoms. The van der Waals surface area contributed by atoms with E-state index in [0.29, 0.717) is 5.92 Å². The molecule has 78 valence electrons. The summed E-state index contributed by atoms with van der Waals surface area (Å²) < 4.78 is 0. The summed E-state index contributed by atoms with van der Waals surface area (Å²) in [6, 6.07) is 10.6. The zero-order chi connectivity index (χ0) is 10.6. The molecule has 0 radical (unpaired) electrons. The Morgan fingerprint density at radius 3 is 2.29 bits per heavy atom. The lowest BCUT2D eigenvalue weighted by atomic mass is 10.0. The third kappa shape index (κ3) is 3.04. The van der Waals surface area contributed by atoms with Crippen molar-refractivity contribution >= 4 is 5.69 Å². The predicted octanol–water partition coefficient (Wildman–Crippen LogP) is 2.11. The fraction of sp³-hybridized carbons (Fsp3) is 0.500. The molecule has 0 saturated heterocycles. The molecule has 1 aromatic carbocycles. The third-order valence-electron chi connectivity index (χ3n) is 2.66. The van der Waals surface area contributed by atoms with Gasteiger partial charge in [-0.15, -0.1) is 0 Å². The zero-order valence-corrected chi connectivity index (χ0v) is 9.27. The van der Waals surface area contributed by atoms with E-state index < -0.39 is 0 Å². The molecule has 0 aliphatic rings. The van der Waals surface area contributed by atoms with Gasteiger partial charge in [0.25, 0.3) is 0 Å². The molecule has 2 nitrogen and oxygen atoms in total. The first kappa shape index (κ1) is 11.1. The topological polar surface area (TPSA) is 29.3 Å². The number of benzene rings is 1. The van der Waals surface area contributed by atoms with Gasteiger partial charge >= 0.3 is 0 Å². The van der Waals surface area contributed by atoms with Gasteiger partial charge < -0.3 is 10.6 Å². The number of hydrogen-bond donors (Lipinski definition) is 1. The molecule has 0 saturated carbocycles. The lowest BCUT2D eigenvalue weighted by Gasteiger charge is -2.25. The highest BCUT2D eigenvalue weighted by Crippen LogP contribution is 2.13. The molecule has 0 fully saturated rings. The Morgan fingerprint density at radius 1 is 1.21 bits per heavy atom. The van der Waals surface area contributed by atoms with E-state index in [-0.39, 0.29) is 6.04 Å². The van der Waals surface area contributed by atoms with Gasteiger partial charge in [0.15, 0.2) is 0 Å².